The van der Waals surface area contributed by atoms with Crippen molar-refractivity contribution in [3.05, 3.63) is 39.7 Å². The van der Waals surface area contributed by atoms with Gasteiger partial charge >= 0.3 is 5.97 Å². The third-order valence-corrected chi connectivity index (χ3v) is 2.96. The normalized spacial score (nSPS) is 10.4. The van der Waals surface area contributed by atoms with Crippen molar-refractivity contribution in [2.75, 3.05) is 12.8 Å². The fourth-order valence-electron chi connectivity index (χ4n) is 1.49. The smallest absolute Gasteiger partial charge is 0.355 e. The molecule has 94 valence electrons. The van der Waals surface area contributed by atoms with Crippen LogP contribution in [0.25, 0.3) is 5.82 Å². The lowest BCUT2D eigenvalue weighted by atomic mass is 10.4. The largest absolute Gasteiger partial charge is 0.464 e. The van der Waals surface area contributed by atoms with E-state index in [2.05, 4.69) is 20.9 Å². The first kappa shape index (κ1) is 12.9. The molecule has 0 aliphatic carbocycles. The van der Waals surface area contributed by atoms with Crippen molar-refractivity contribution in [2.45, 2.75) is 0 Å². The zero-order valence-electron chi connectivity index (χ0n) is 9.35. The minimum absolute atomic E-state index is 0.323. The summed E-state index contributed by atoms with van der Waals surface area (Å²) in [4.78, 5) is 15.8. The van der Waals surface area contributed by atoms with Gasteiger partial charge in [0.1, 0.15) is 5.69 Å². The van der Waals surface area contributed by atoms with E-state index in [9.17, 15) is 4.79 Å². The number of nitrogens with zero attached hydrogens (tertiary/aromatic N) is 2. The third-order valence-electron chi connectivity index (χ3n) is 2.25. The number of pyridine rings is 1. The van der Waals surface area contributed by atoms with Crippen LogP contribution in [-0.2, 0) is 4.74 Å². The maximum absolute atomic E-state index is 11.6. The van der Waals surface area contributed by atoms with Gasteiger partial charge in [-0.15, -0.1) is 0 Å². The second-order valence-corrected chi connectivity index (χ2v) is 4.80. The summed E-state index contributed by atoms with van der Waals surface area (Å²) in [7, 11) is 1.31. The summed E-state index contributed by atoms with van der Waals surface area (Å²) in [6.07, 6.45) is 3.15. The lowest BCUT2D eigenvalue weighted by Gasteiger charge is -2.08. The predicted octanol–water partition coefficient (Wildman–Crippen LogP) is 2.66. The Hall–Kier alpha value is -1.53. The first-order chi connectivity index (χ1) is 8.52. The number of halogens is 2. The Labute approximate surface area is 117 Å². The SMILES string of the molecule is COC(=O)c1cc(Br)cn1-c1ncc(N)cc1Cl. The molecule has 0 amide bonds. The lowest BCUT2D eigenvalue weighted by molar-refractivity contribution is 0.0591. The Morgan fingerprint density at radius 1 is 1.56 bits per heavy atom. The molecule has 0 aromatic carbocycles. The molecule has 0 atom stereocenters. The maximum Gasteiger partial charge on any atom is 0.355 e. The fraction of sp³-hybridized carbons (Fsp3) is 0.0909. The second kappa shape index (κ2) is 4.99. The van der Waals surface area contributed by atoms with Crippen molar-refractivity contribution in [1.29, 1.82) is 0 Å². The average molecular weight is 331 g/mol. The van der Waals surface area contributed by atoms with E-state index in [1.807, 2.05) is 0 Å². The molecule has 0 aliphatic heterocycles. The lowest BCUT2D eigenvalue weighted by Crippen LogP contribution is -2.10. The number of hydrogen-bond donors (Lipinski definition) is 1. The molecule has 2 N–H and O–H groups in total. The van der Waals surface area contributed by atoms with Gasteiger partial charge in [0.25, 0.3) is 0 Å². The molecule has 7 heteroatoms. The van der Waals surface area contributed by atoms with Gasteiger partial charge in [0, 0.05) is 10.7 Å². The Morgan fingerprint density at radius 2 is 2.28 bits per heavy atom. The molecular weight excluding hydrogens is 321 g/mol. The molecule has 2 heterocycles. The zero-order valence-corrected chi connectivity index (χ0v) is 11.7. The van der Waals surface area contributed by atoms with Crippen LogP contribution in [0.15, 0.2) is 29.0 Å². The van der Waals surface area contributed by atoms with Gasteiger partial charge in [-0.1, -0.05) is 11.6 Å². The average Bonchev–Trinajstić information content (AvgIpc) is 2.70. The van der Waals surface area contributed by atoms with Crippen LogP contribution in [-0.4, -0.2) is 22.6 Å². The van der Waals surface area contributed by atoms with Crippen LogP contribution in [0, 0.1) is 0 Å². The Kier molecular flexibility index (Phi) is 3.58. The second-order valence-electron chi connectivity index (χ2n) is 3.48. The molecule has 0 spiro atoms. The predicted molar refractivity (Wildman–Crippen MR) is 72.0 cm³/mol. The van der Waals surface area contributed by atoms with Gasteiger partial charge in [-0.05, 0) is 28.1 Å². The standard InChI is InChI=1S/C11H9BrClN3O2/c1-18-11(17)9-2-6(12)5-16(9)10-8(13)3-7(14)4-15-10/h2-5H,14H2,1H3. The number of aromatic nitrogens is 2. The van der Waals surface area contributed by atoms with Gasteiger partial charge in [0.2, 0.25) is 0 Å². The van der Waals surface area contributed by atoms with Crippen LogP contribution in [0.3, 0.4) is 0 Å². The van der Waals surface area contributed by atoms with E-state index in [1.165, 1.54) is 17.9 Å². The van der Waals surface area contributed by atoms with Gasteiger partial charge in [0.05, 0.1) is 24.0 Å². The van der Waals surface area contributed by atoms with Gasteiger partial charge in [-0.3, -0.25) is 4.57 Å². The Bertz CT molecular complexity index is 612. The minimum atomic E-state index is -0.476. The highest BCUT2D eigenvalue weighted by molar-refractivity contribution is 9.10. The highest BCUT2D eigenvalue weighted by atomic mass is 79.9. The number of rotatable bonds is 2. The van der Waals surface area contributed by atoms with E-state index in [0.29, 0.717) is 22.2 Å². The zero-order chi connectivity index (χ0) is 13.3. The molecule has 2 aromatic heterocycles. The monoisotopic (exact) mass is 329 g/mol. The molecular formula is C11H9BrClN3O2. The molecule has 2 rings (SSSR count). The number of esters is 1. The van der Waals surface area contributed by atoms with Crippen molar-refractivity contribution in [1.82, 2.24) is 9.55 Å². The number of methoxy groups -OCH3 is 1. The quantitative estimate of drug-likeness (QED) is 0.859. The number of anilines is 1. The van der Waals surface area contributed by atoms with E-state index in [-0.39, 0.29) is 0 Å². The topological polar surface area (TPSA) is 70.1 Å². The van der Waals surface area contributed by atoms with Crippen molar-refractivity contribution in [3.63, 3.8) is 0 Å². The van der Waals surface area contributed by atoms with Gasteiger partial charge < -0.3 is 10.5 Å². The molecule has 0 aliphatic rings. The number of nitrogen functional groups attached to an aromatic ring is 1. The summed E-state index contributed by atoms with van der Waals surface area (Å²) in [5, 5.41) is 0.350. The number of ether oxygens (including phenoxy) is 1. The molecule has 0 radical (unpaired) electrons. The van der Waals surface area contributed by atoms with E-state index < -0.39 is 5.97 Å². The van der Waals surface area contributed by atoms with E-state index >= 15 is 0 Å². The molecule has 2 aromatic rings. The maximum atomic E-state index is 11.6. The van der Waals surface area contributed by atoms with Crippen molar-refractivity contribution >= 4 is 39.2 Å². The molecule has 18 heavy (non-hydrogen) atoms. The van der Waals surface area contributed by atoms with Crippen molar-refractivity contribution < 1.29 is 9.53 Å². The van der Waals surface area contributed by atoms with Gasteiger partial charge in [-0.25, -0.2) is 9.78 Å². The highest BCUT2D eigenvalue weighted by Gasteiger charge is 2.17. The van der Waals surface area contributed by atoms with Crippen LogP contribution in [0.5, 0.6) is 0 Å². The van der Waals surface area contributed by atoms with Crippen LogP contribution >= 0.6 is 27.5 Å². The first-order valence-electron chi connectivity index (χ1n) is 4.90. The number of hydrogen-bond acceptors (Lipinski definition) is 4. The summed E-state index contributed by atoms with van der Waals surface area (Å²) >= 11 is 9.36. The van der Waals surface area contributed by atoms with Gasteiger partial charge in [0.15, 0.2) is 5.82 Å². The summed E-state index contributed by atoms with van der Waals surface area (Å²) in [6, 6.07) is 3.19. The van der Waals surface area contributed by atoms with E-state index in [1.54, 1.807) is 18.3 Å². The summed E-state index contributed by atoms with van der Waals surface area (Å²) in [6.45, 7) is 0. The summed E-state index contributed by atoms with van der Waals surface area (Å²) in [5.74, 6) is -0.0626. The van der Waals surface area contributed by atoms with Crippen LogP contribution in [0.2, 0.25) is 5.02 Å². The molecule has 0 unspecified atom stereocenters. The van der Waals surface area contributed by atoms with Crippen LogP contribution in [0.4, 0.5) is 5.69 Å². The molecule has 0 saturated heterocycles. The van der Waals surface area contributed by atoms with E-state index in [4.69, 9.17) is 22.1 Å². The van der Waals surface area contributed by atoms with Crippen LogP contribution in [0.1, 0.15) is 10.5 Å². The minimum Gasteiger partial charge on any atom is -0.464 e. The number of nitrogens with two attached hydrogens (primary N) is 1. The number of carbonyl (C=O) groups is 1. The Balaban J connectivity index is 2.60. The number of carbonyl (C=O) groups excluding carboxylic acids is 1. The molecule has 5 nitrogen and oxygen atoms in total. The van der Waals surface area contributed by atoms with Crippen molar-refractivity contribution in [2.24, 2.45) is 0 Å². The van der Waals surface area contributed by atoms with E-state index in [0.717, 1.165) is 4.47 Å². The molecule has 0 saturated carbocycles. The highest BCUT2D eigenvalue weighted by Crippen LogP contribution is 2.25. The van der Waals surface area contributed by atoms with Gasteiger partial charge in [-0.2, -0.15) is 0 Å². The molecule has 0 bridgehead atoms. The van der Waals surface area contributed by atoms with Crippen molar-refractivity contribution in [3.8, 4) is 5.82 Å². The summed E-state index contributed by atoms with van der Waals surface area (Å²) < 4.78 is 6.96. The fourth-order valence-corrected chi connectivity index (χ4v) is 2.18. The first-order valence-corrected chi connectivity index (χ1v) is 6.07. The molecule has 0 fully saturated rings. The third kappa shape index (κ3) is 2.34. The van der Waals surface area contributed by atoms with Crippen LogP contribution < -0.4 is 5.73 Å². The summed E-state index contributed by atoms with van der Waals surface area (Å²) in [5.41, 5.74) is 6.35. The Morgan fingerprint density at radius 3 is 2.89 bits per heavy atom.